The molecule has 0 spiro atoms. The van der Waals surface area contributed by atoms with Crippen molar-refractivity contribution >= 4 is 17.6 Å². The van der Waals surface area contributed by atoms with Gasteiger partial charge < -0.3 is 10.6 Å². The quantitative estimate of drug-likeness (QED) is 0.665. The number of ketones is 1. The van der Waals surface area contributed by atoms with Crippen molar-refractivity contribution in [3.05, 3.63) is 0 Å². The van der Waals surface area contributed by atoms with Gasteiger partial charge in [0, 0.05) is 5.92 Å². The fourth-order valence-corrected chi connectivity index (χ4v) is 1.56. The fraction of sp³-hybridized carbons (Fsp3) is 0.786. The fourth-order valence-electron chi connectivity index (χ4n) is 1.56. The van der Waals surface area contributed by atoms with Crippen LogP contribution in [0.1, 0.15) is 53.4 Å². The molecule has 2 atom stereocenters. The van der Waals surface area contributed by atoms with Crippen molar-refractivity contribution in [1.82, 2.24) is 10.6 Å². The lowest BCUT2D eigenvalue weighted by molar-refractivity contribution is -0.129. The first-order valence-electron chi connectivity index (χ1n) is 6.99. The van der Waals surface area contributed by atoms with Crippen LogP contribution < -0.4 is 10.6 Å². The van der Waals surface area contributed by atoms with E-state index in [1.165, 1.54) is 6.92 Å². The number of carbonyl (C=O) groups is 3. The monoisotopic (exact) mass is 270 g/mol. The third-order valence-electron chi connectivity index (χ3n) is 3.16. The Hall–Kier alpha value is -1.39. The molecule has 0 aromatic heterocycles. The number of nitrogens with one attached hydrogen (secondary N) is 2. The molecule has 0 saturated carbocycles. The second-order valence-corrected chi connectivity index (χ2v) is 4.90. The summed E-state index contributed by atoms with van der Waals surface area (Å²) in [7, 11) is 0. The van der Waals surface area contributed by atoms with Crippen molar-refractivity contribution in [2.45, 2.75) is 59.4 Å². The van der Waals surface area contributed by atoms with Crippen LogP contribution in [0.25, 0.3) is 0 Å². The maximum atomic E-state index is 11.7. The van der Waals surface area contributed by atoms with Gasteiger partial charge in [-0.15, -0.1) is 0 Å². The standard InChI is InChI=1S/C14H26N2O3/c1-5-7-8-12(11(4)17)16-13(18)9-15-14(19)10(3)6-2/h10,12H,5-9H2,1-4H3,(H,15,19)(H,16,18). The van der Waals surface area contributed by atoms with E-state index in [1.807, 2.05) is 20.8 Å². The smallest absolute Gasteiger partial charge is 0.239 e. The molecule has 0 aliphatic carbocycles. The molecule has 5 nitrogen and oxygen atoms in total. The van der Waals surface area contributed by atoms with Crippen molar-refractivity contribution in [2.75, 3.05) is 6.54 Å². The Balaban J connectivity index is 4.13. The summed E-state index contributed by atoms with van der Waals surface area (Å²) in [4.78, 5) is 34.5. The molecule has 0 fully saturated rings. The van der Waals surface area contributed by atoms with Gasteiger partial charge in [-0.05, 0) is 19.8 Å². The van der Waals surface area contributed by atoms with Crippen molar-refractivity contribution in [2.24, 2.45) is 5.92 Å². The number of amides is 2. The van der Waals surface area contributed by atoms with Crippen LogP contribution >= 0.6 is 0 Å². The van der Waals surface area contributed by atoms with E-state index in [2.05, 4.69) is 10.6 Å². The first kappa shape index (κ1) is 17.6. The zero-order valence-electron chi connectivity index (χ0n) is 12.4. The summed E-state index contributed by atoms with van der Waals surface area (Å²) >= 11 is 0. The molecule has 2 unspecified atom stereocenters. The number of carbonyl (C=O) groups excluding carboxylic acids is 3. The predicted octanol–water partition coefficient (Wildman–Crippen LogP) is 1.41. The summed E-state index contributed by atoms with van der Waals surface area (Å²) in [5.41, 5.74) is 0. The van der Waals surface area contributed by atoms with E-state index >= 15 is 0 Å². The molecule has 0 rings (SSSR count). The second kappa shape index (κ2) is 9.53. The van der Waals surface area contributed by atoms with Crippen molar-refractivity contribution in [3.8, 4) is 0 Å². The molecule has 0 aromatic carbocycles. The van der Waals surface area contributed by atoms with Gasteiger partial charge in [0.05, 0.1) is 12.6 Å². The van der Waals surface area contributed by atoms with Gasteiger partial charge in [0.1, 0.15) is 0 Å². The van der Waals surface area contributed by atoms with Gasteiger partial charge in [0.25, 0.3) is 0 Å². The first-order chi connectivity index (χ1) is 8.92. The average Bonchev–Trinajstić information content (AvgIpc) is 2.39. The third-order valence-corrected chi connectivity index (χ3v) is 3.16. The summed E-state index contributed by atoms with van der Waals surface area (Å²) in [5.74, 6) is -0.593. The lowest BCUT2D eigenvalue weighted by Crippen LogP contribution is -2.45. The van der Waals surface area contributed by atoms with Gasteiger partial charge in [0.15, 0.2) is 5.78 Å². The number of unbranched alkanes of at least 4 members (excludes halogenated alkanes) is 1. The second-order valence-electron chi connectivity index (χ2n) is 4.90. The highest BCUT2D eigenvalue weighted by Crippen LogP contribution is 2.02. The Bertz CT molecular complexity index is 316. The first-order valence-corrected chi connectivity index (χ1v) is 6.99. The van der Waals surface area contributed by atoms with Crippen LogP contribution in [-0.2, 0) is 14.4 Å². The van der Waals surface area contributed by atoms with E-state index < -0.39 is 6.04 Å². The molecule has 0 aliphatic rings. The topological polar surface area (TPSA) is 75.3 Å². The number of Topliss-reactive ketones (excluding diaryl/α,β-unsaturated/α-hetero) is 1. The van der Waals surface area contributed by atoms with Gasteiger partial charge >= 0.3 is 0 Å². The van der Waals surface area contributed by atoms with Gasteiger partial charge in [-0.25, -0.2) is 0 Å². The zero-order valence-corrected chi connectivity index (χ0v) is 12.4. The lowest BCUT2D eigenvalue weighted by atomic mass is 10.1. The van der Waals surface area contributed by atoms with E-state index in [0.717, 1.165) is 19.3 Å². The van der Waals surface area contributed by atoms with Crippen molar-refractivity contribution in [3.63, 3.8) is 0 Å². The molecule has 0 heterocycles. The molecule has 110 valence electrons. The summed E-state index contributed by atoms with van der Waals surface area (Å²) in [6.45, 7) is 7.16. The predicted molar refractivity (Wildman–Crippen MR) is 74.6 cm³/mol. The third kappa shape index (κ3) is 7.59. The van der Waals surface area contributed by atoms with Crippen LogP contribution in [0.3, 0.4) is 0 Å². The molecule has 0 aliphatic heterocycles. The molecule has 0 aromatic rings. The Morgan fingerprint density at radius 2 is 1.79 bits per heavy atom. The molecule has 2 N–H and O–H groups in total. The lowest BCUT2D eigenvalue weighted by Gasteiger charge is -2.16. The van der Waals surface area contributed by atoms with Gasteiger partial charge in [-0.3, -0.25) is 14.4 Å². The minimum Gasteiger partial charge on any atom is -0.347 e. The molecule has 5 heteroatoms. The molecule has 0 saturated heterocycles. The Morgan fingerprint density at radius 1 is 1.16 bits per heavy atom. The highest BCUT2D eigenvalue weighted by Gasteiger charge is 2.17. The maximum absolute atomic E-state index is 11.7. The van der Waals surface area contributed by atoms with E-state index in [-0.39, 0.29) is 30.1 Å². The van der Waals surface area contributed by atoms with Crippen LogP contribution in [0.15, 0.2) is 0 Å². The van der Waals surface area contributed by atoms with Crippen LogP contribution in [0.4, 0.5) is 0 Å². The summed E-state index contributed by atoms with van der Waals surface area (Å²) in [6, 6.07) is -0.437. The molecule has 0 radical (unpaired) electrons. The molecule has 2 amide bonds. The Morgan fingerprint density at radius 3 is 2.26 bits per heavy atom. The summed E-state index contributed by atoms with van der Waals surface area (Å²) in [5, 5.41) is 5.23. The summed E-state index contributed by atoms with van der Waals surface area (Å²) in [6.07, 6.45) is 3.26. The largest absolute Gasteiger partial charge is 0.347 e. The highest BCUT2D eigenvalue weighted by atomic mass is 16.2. The number of hydrogen-bond acceptors (Lipinski definition) is 3. The zero-order chi connectivity index (χ0) is 14.8. The van der Waals surface area contributed by atoms with E-state index in [0.29, 0.717) is 6.42 Å². The number of hydrogen-bond donors (Lipinski definition) is 2. The SMILES string of the molecule is CCCCC(NC(=O)CNC(=O)C(C)CC)C(C)=O. The van der Waals surface area contributed by atoms with Crippen LogP contribution in [-0.4, -0.2) is 30.2 Å². The number of rotatable bonds is 9. The van der Waals surface area contributed by atoms with Crippen molar-refractivity contribution < 1.29 is 14.4 Å². The highest BCUT2D eigenvalue weighted by molar-refractivity contribution is 5.90. The average molecular weight is 270 g/mol. The molecule has 19 heavy (non-hydrogen) atoms. The van der Waals surface area contributed by atoms with Crippen LogP contribution in [0.5, 0.6) is 0 Å². The van der Waals surface area contributed by atoms with E-state index in [4.69, 9.17) is 0 Å². The Labute approximate surface area is 115 Å². The van der Waals surface area contributed by atoms with E-state index in [9.17, 15) is 14.4 Å². The van der Waals surface area contributed by atoms with Crippen molar-refractivity contribution in [1.29, 1.82) is 0 Å². The maximum Gasteiger partial charge on any atom is 0.239 e. The molecular weight excluding hydrogens is 244 g/mol. The molecule has 0 bridgehead atoms. The normalized spacial score (nSPS) is 13.5. The van der Waals surface area contributed by atoms with Gasteiger partial charge in [0.2, 0.25) is 11.8 Å². The van der Waals surface area contributed by atoms with Gasteiger partial charge in [-0.2, -0.15) is 0 Å². The van der Waals surface area contributed by atoms with E-state index in [1.54, 1.807) is 0 Å². The Kier molecular flexibility index (Phi) is 8.83. The van der Waals surface area contributed by atoms with Crippen LogP contribution in [0.2, 0.25) is 0 Å². The minimum absolute atomic E-state index is 0.0462. The van der Waals surface area contributed by atoms with Gasteiger partial charge in [-0.1, -0.05) is 33.6 Å². The minimum atomic E-state index is -0.437. The molecular formula is C14H26N2O3. The summed E-state index contributed by atoms with van der Waals surface area (Å²) < 4.78 is 0. The van der Waals surface area contributed by atoms with Crippen LogP contribution in [0, 0.1) is 5.92 Å².